The van der Waals surface area contributed by atoms with Crippen LogP contribution in [0.5, 0.6) is 11.5 Å². The van der Waals surface area contributed by atoms with Crippen LogP contribution in [0.25, 0.3) is 0 Å². The molecule has 2 fully saturated rings. The molecule has 4 rings (SSSR count). The van der Waals surface area contributed by atoms with E-state index in [-0.39, 0.29) is 24.2 Å². The first kappa shape index (κ1) is 24.5. The van der Waals surface area contributed by atoms with Gasteiger partial charge in [0.25, 0.3) is 0 Å². The molecule has 0 radical (unpaired) electrons. The quantitative estimate of drug-likeness (QED) is 0.584. The molecule has 0 aliphatic carbocycles. The Labute approximate surface area is 205 Å². The molecule has 2 saturated heterocycles. The van der Waals surface area contributed by atoms with Crippen molar-refractivity contribution in [2.45, 2.75) is 51.6 Å². The Morgan fingerprint density at radius 2 is 2.06 bits per heavy atom. The Hall–Kier alpha value is -2.65. The predicted octanol–water partition coefficient (Wildman–Crippen LogP) is 3.56. The van der Waals surface area contributed by atoms with Gasteiger partial charge in [-0.2, -0.15) is 0 Å². The highest BCUT2D eigenvalue weighted by molar-refractivity contribution is 7.15. The Kier molecular flexibility index (Phi) is 8.05. The van der Waals surface area contributed by atoms with Gasteiger partial charge in [-0.1, -0.05) is 12.5 Å². The van der Waals surface area contributed by atoms with Gasteiger partial charge in [0, 0.05) is 43.2 Å². The topological polar surface area (TPSA) is 84.0 Å². The van der Waals surface area contributed by atoms with Crippen molar-refractivity contribution in [3.05, 3.63) is 34.8 Å². The maximum Gasteiger partial charge on any atom is 0.231 e. The fraction of sp³-hybridized carbons (Fsp3) is 0.560. The molecule has 0 bridgehead atoms. The van der Waals surface area contributed by atoms with Gasteiger partial charge in [-0.25, -0.2) is 4.98 Å². The number of benzene rings is 1. The van der Waals surface area contributed by atoms with E-state index >= 15 is 0 Å². The monoisotopic (exact) mass is 486 g/mol. The summed E-state index contributed by atoms with van der Waals surface area (Å²) in [6, 6.07) is 6.35. The molecule has 34 heavy (non-hydrogen) atoms. The van der Waals surface area contributed by atoms with E-state index in [0.29, 0.717) is 42.2 Å². The van der Waals surface area contributed by atoms with Crippen molar-refractivity contribution in [3.63, 3.8) is 0 Å². The summed E-state index contributed by atoms with van der Waals surface area (Å²) in [5.74, 6) is 0.875. The molecular weight excluding hydrogens is 452 g/mol. The van der Waals surface area contributed by atoms with Crippen LogP contribution >= 0.6 is 11.3 Å². The highest BCUT2D eigenvalue weighted by Crippen LogP contribution is 2.29. The van der Waals surface area contributed by atoms with Crippen molar-refractivity contribution in [1.82, 2.24) is 14.8 Å². The predicted molar refractivity (Wildman–Crippen MR) is 132 cm³/mol. The van der Waals surface area contributed by atoms with Crippen LogP contribution in [0.4, 0.5) is 5.13 Å². The number of ether oxygens (including phenoxy) is 2. The number of piperidine rings is 1. The van der Waals surface area contributed by atoms with E-state index in [1.54, 1.807) is 19.1 Å². The molecule has 2 aromatic rings. The zero-order chi connectivity index (χ0) is 24.1. The number of methoxy groups -OCH3 is 2. The molecule has 9 heteroatoms. The molecule has 1 N–H and O–H groups in total. The highest BCUT2D eigenvalue weighted by Gasteiger charge is 2.34. The van der Waals surface area contributed by atoms with Crippen molar-refractivity contribution >= 4 is 28.3 Å². The van der Waals surface area contributed by atoms with Crippen molar-refractivity contribution in [1.29, 1.82) is 0 Å². The second-order valence-electron chi connectivity index (χ2n) is 9.12. The van der Waals surface area contributed by atoms with Gasteiger partial charge in [0.1, 0.15) is 0 Å². The van der Waals surface area contributed by atoms with Gasteiger partial charge in [-0.15, -0.1) is 11.3 Å². The van der Waals surface area contributed by atoms with E-state index in [0.717, 1.165) is 23.5 Å². The first-order valence-corrected chi connectivity index (χ1v) is 12.8. The van der Waals surface area contributed by atoms with E-state index in [9.17, 15) is 9.59 Å². The summed E-state index contributed by atoms with van der Waals surface area (Å²) >= 11 is 1.53. The van der Waals surface area contributed by atoms with Crippen LogP contribution in [0.3, 0.4) is 0 Å². The molecule has 1 aromatic heterocycles. The number of amides is 2. The van der Waals surface area contributed by atoms with Gasteiger partial charge >= 0.3 is 0 Å². The lowest BCUT2D eigenvalue weighted by atomic mass is 10.0. The first-order valence-electron chi connectivity index (χ1n) is 11.9. The number of carbonyl (C=O) groups is 2. The number of hydrogen-bond acceptors (Lipinski definition) is 7. The van der Waals surface area contributed by atoms with Crippen LogP contribution in [-0.4, -0.2) is 66.5 Å². The lowest BCUT2D eigenvalue weighted by molar-refractivity contribution is -0.128. The number of anilines is 1. The van der Waals surface area contributed by atoms with Crippen LogP contribution in [-0.2, 0) is 22.6 Å². The minimum absolute atomic E-state index is 0.0135. The van der Waals surface area contributed by atoms with Crippen molar-refractivity contribution in [2.75, 3.05) is 39.2 Å². The van der Waals surface area contributed by atoms with Crippen molar-refractivity contribution < 1.29 is 19.1 Å². The van der Waals surface area contributed by atoms with E-state index in [1.807, 2.05) is 24.4 Å². The third-order valence-electron chi connectivity index (χ3n) is 6.79. The summed E-state index contributed by atoms with van der Waals surface area (Å²) < 4.78 is 10.6. The zero-order valence-electron chi connectivity index (χ0n) is 20.2. The maximum absolute atomic E-state index is 12.8. The lowest BCUT2D eigenvalue weighted by Crippen LogP contribution is -2.36. The zero-order valence-corrected chi connectivity index (χ0v) is 21.0. The van der Waals surface area contributed by atoms with Gasteiger partial charge < -0.3 is 19.7 Å². The molecule has 2 amide bonds. The highest BCUT2D eigenvalue weighted by atomic mass is 32.1. The Morgan fingerprint density at radius 3 is 2.82 bits per heavy atom. The van der Waals surface area contributed by atoms with E-state index in [1.165, 1.54) is 30.6 Å². The summed E-state index contributed by atoms with van der Waals surface area (Å²) in [6.45, 7) is 5.26. The SMILES string of the molecule is COc1ccc(CCN2CC(C(=O)Nc3ncc(CN4CCCCC4C)s3)CC2=O)cc1OC. The number of hydrogen-bond donors (Lipinski definition) is 1. The normalized spacial score (nSPS) is 21.0. The molecule has 184 valence electrons. The molecule has 8 nitrogen and oxygen atoms in total. The number of nitrogens with zero attached hydrogens (tertiary/aromatic N) is 3. The van der Waals surface area contributed by atoms with Crippen LogP contribution in [0.15, 0.2) is 24.4 Å². The first-order chi connectivity index (χ1) is 16.5. The fourth-order valence-corrected chi connectivity index (χ4v) is 5.54. The third-order valence-corrected chi connectivity index (χ3v) is 7.68. The Bertz CT molecular complexity index is 1010. The molecular formula is C25H34N4O4S. The van der Waals surface area contributed by atoms with Crippen LogP contribution in [0.2, 0.25) is 0 Å². The average Bonchev–Trinajstić information content (AvgIpc) is 3.44. The van der Waals surface area contributed by atoms with Crippen LogP contribution in [0.1, 0.15) is 43.0 Å². The summed E-state index contributed by atoms with van der Waals surface area (Å²) in [5, 5.41) is 3.55. The molecule has 3 heterocycles. The molecule has 2 unspecified atom stereocenters. The smallest absolute Gasteiger partial charge is 0.231 e. The Morgan fingerprint density at radius 1 is 1.24 bits per heavy atom. The van der Waals surface area contributed by atoms with Gasteiger partial charge in [-0.05, 0) is 50.4 Å². The number of nitrogens with one attached hydrogen (secondary N) is 1. The largest absolute Gasteiger partial charge is 0.493 e. The average molecular weight is 487 g/mol. The number of aromatic nitrogens is 1. The summed E-state index contributed by atoms with van der Waals surface area (Å²) in [7, 11) is 3.21. The second kappa shape index (κ2) is 11.2. The number of rotatable bonds is 9. The minimum Gasteiger partial charge on any atom is -0.493 e. The van der Waals surface area contributed by atoms with E-state index in [4.69, 9.17) is 9.47 Å². The van der Waals surface area contributed by atoms with Gasteiger partial charge in [0.15, 0.2) is 16.6 Å². The van der Waals surface area contributed by atoms with Gasteiger partial charge in [0.2, 0.25) is 11.8 Å². The van der Waals surface area contributed by atoms with Crippen molar-refractivity contribution in [2.24, 2.45) is 5.92 Å². The molecule has 2 atom stereocenters. The molecule has 2 aliphatic rings. The second-order valence-corrected chi connectivity index (χ2v) is 10.2. The Balaban J connectivity index is 1.27. The minimum atomic E-state index is -0.354. The summed E-state index contributed by atoms with van der Waals surface area (Å²) in [5.41, 5.74) is 1.05. The molecule has 1 aromatic carbocycles. The fourth-order valence-electron chi connectivity index (χ4n) is 4.70. The lowest BCUT2D eigenvalue weighted by Gasteiger charge is -2.32. The van der Waals surface area contributed by atoms with Gasteiger partial charge in [0.05, 0.1) is 20.1 Å². The van der Waals surface area contributed by atoms with E-state index < -0.39 is 0 Å². The standard InChI is InChI=1S/C25H34N4O4S/c1-17-6-4-5-10-28(17)16-20-14-26-25(34-20)27-24(31)19-13-23(30)29(15-19)11-9-18-7-8-21(32-2)22(12-18)33-3/h7-8,12,14,17,19H,4-6,9-11,13,15-16H2,1-3H3,(H,26,27,31). The summed E-state index contributed by atoms with van der Waals surface area (Å²) in [6.07, 6.45) is 6.56. The van der Waals surface area contributed by atoms with Gasteiger partial charge in [-0.3, -0.25) is 14.5 Å². The molecule has 0 spiro atoms. The van der Waals surface area contributed by atoms with Crippen LogP contribution in [0, 0.1) is 5.92 Å². The summed E-state index contributed by atoms with van der Waals surface area (Å²) in [4.78, 5) is 35.2. The number of likely N-dealkylation sites (tertiary alicyclic amines) is 2. The number of thiazole rings is 1. The number of carbonyl (C=O) groups excluding carboxylic acids is 2. The molecule has 0 saturated carbocycles. The maximum atomic E-state index is 12.8. The molecule has 2 aliphatic heterocycles. The third kappa shape index (κ3) is 5.88. The van der Waals surface area contributed by atoms with E-state index in [2.05, 4.69) is 22.1 Å². The van der Waals surface area contributed by atoms with Crippen molar-refractivity contribution in [3.8, 4) is 11.5 Å². The van der Waals surface area contributed by atoms with Crippen LogP contribution < -0.4 is 14.8 Å².